The highest BCUT2D eigenvalue weighted by atomic mass is 16.6. The fourth-order valence-corrected chi connectivity index (χ4v) is 6.93. The average Bonchev–Trinajstić information content (AvgIpc) is 3.01. The van der Waals surface area contributed by atoms with Crippen LogP contribution in [0.5, 0.6) is 0 Å². The Hall–Kier alpha value is -1.81. The monoisotopic (exact) mass is 422 g/mol. The van der Waals surface area contributed by atoms with Crippen molar-refractivity contribution in [3.8, 4) is 0 Å². The third kappa shape index (κ3) is 3.82. The zero-order valence-electron chi connectivity index (χ0n) is 19.7. The maximum absolute atomic E-state index is 12.9. The number of ether oxygens (including phenoxy) is 1. The summed E-state index contributed by atoms with van der Waals surface area (Å²) in [4.78, 5) is 17.9. The molecule has 2 heterocycles. The fourth-order valence-electron chi connectivity index (χ4n) is 6.93. The Morgan fingerprint density at radius 3 is 2.65 bits per heavy atom. The van der Waals surface area contributed by atoms with Gasteiger partial charge in [0.25, 0.3) is 0 Å². The van der Waals surface area contributed by atoms with E-state index in [1.54, 1.807) is 11.1 Å². The van der Waals surface area contributed by atoms with Crippen molar-refractivity contribution in [2.75, 3.05) is 37.6 Å². The van der Waals surface area contributed by atoms with Crippen LogP contribution in [0.25, 0.3) is 0 Å². The van der Waals surface area contributed by atoms with Crippen molar-refractivity contribution in [3.63, 3.8) is 0 Å². The lowest BCUT2D eigenvalue weighted by molar-refractivity contribution is -0.145. The largest absolute Gasteiger partial charge is 0.462 e. The molecule has 4 atom stereocenters. The highest BCUT2D eigenvalue weighted by Crippen LogP contribution is 2.55. The maximum Gasteiger partial charge on any atom is 0.310 e. The Balaban J connectivity index is 1.24. The predicted molar refractivity (Wildman–Crippen MR) is 125 cm³/mol. The summed E-state index contributed by atoms with van der Waals surface area (Å²) in [5.41, 5.74) is 7.54. The molecule has 4 aliphatic rings. The topological polar surface area (TPSA) is 32.8 Å². The van der Waals surface area contributed by atoms with Gasteiger partial charge >= 0.3 is 5.97 Å². The molecule has 0 radical (unpaired) electrons. The number of aryl methyl sites for hydroxylation is 2. The third-order valence-corrected chi connectivity index (χ3v) is 8.70. The van der Waals surface area contributed by atoms with Crippen LogP contribution in [0.1, 0.15) is 57.1 Å². The molecule has 0 bridgehead atoms. The second-order valence-electron chi connectivity index (χ2n) is 10.9. The quantitative estimate of drug-likeness (QED) is 0.513. The number of allylic oxidation sites excluding steroid dienone is 2. The molecular weight excluding hydrogens is 384 g/mol. The molecule has 1 aromatic rings. The van der Waals surface area contributed by atoms with E-state index >= 15 is 0 Å². The van der Waals surface area contributed by atoms with Gasteiger partial charge in [0, 0.05) is 44.3 Å². The van der Waals surface area contributed by atoms with Crippen LogP contribution in [0.2, 0.25) is 0 Å². The molecular formula is C27H38N2O2. The first-order valence-electron chi connectivity index (χ1n) is 12.3. The number of esters is 1. The minimum absolute atomic E-state index is 0.0458. The number of fused-ring (bicyclic) bond motifs is 2. The van der Waals surface area contributed by atoms with Crippen LogP contribution < -0.4 is 4.90 Å². The van der Waals surface area contributed by atoms with Gasteiger partial charge in [-0.2, -0.15) is 0 Å². The van der Waals surface area contributed by atoms with Crippen LogP contribution in [0.4, 0.5) is 5.69 Å². The van der Waals surface area contributed by atoms with Crippen LogP contribution in [-0.4, -0.2) is 49.7 Å². The van der Waals surface area contributed by atoms with E-state index in [0.29, 0.717) is 5.92 Å². The number of carbonyl (C=O) groups excluding carboxylic acids is 1. The second kappa shape index (κ2) is 7.95. The number of hydrogen-bond donors (Lipinski definition) is 0. The van der Waals surface area contributed by atoms with Crippen molar-refractivity contribution in [1.29, 1.82) is 0 Å². The average molecular weight is 423 g/mol. The van der Waals surface area contributed by atoms with E-state index in [2.05, 4.69) is 55.7 Å². The van der Waals surface area contributed by atoms with Gasteiger partial charge in [0.15, 0.2) is 0 Å². The van der Waals surface area contributed by atoms with E-state index in [1.165, 1.54) is 36.1 Å². The predicted octanol–water partition coefficient (Wildman–Crippen LogP) is 4.88. The number of nitrogens with zero attached hydrogens (tertiary/aromatic N) is 2. The molecule has 0 aromatic heterocycles. The van der Waals surface area contributed by atoms with E-state index < -0.39 is 0 Å². The second-order valence-corrected chi connectivity index (χ2v) is 10.9. The Kier molecular flexibility index (Phi) is 5.40. The smallest absolute Gasteiger partial charge is 0.310 e. The van der Waals surface area contributed by atoms with Crippen molar-refractivity contribution < 1.29 is 9.53 Å². The van der Waals surface area contributed by atoms with Crippen molar-refractivity contribution in [2.24, 2.45) is 17.3 Å². The molecule has 0 unspecified atom stereocenters. The zero-order valence-corrected chi connectivity index (χ0v) is 19.7. The van der Waals surface area contributed by atoms with Crippen LogP contribution in [0.15, 0.2) is 29.3 Å². The van der Waals surface area contributed by atoms with Crippen molar-refractivity contribution in [2.45, 2.75) is 65.9 Å². The third-order valence-electron chi connectivity index (χ3n) is 8.70. The van der Waals surface area contributed by atoms with Gasteiger partial charge in [0.2, 0.25) is 0 Å². The molecule has 0 amide bonds. The number of carbonyl (C=O) groups is 1. The molecule has 5 rings (SSSR count). The van der Waals surface area contributed by atoms with Gasteiger partial charge in [-0.3, -0.25) is 9.69 Å². The summed E-state index contributed by atoms with van der Waals surface area (Å²) in [7, 11) is 0. The van der Waals surface area contributed by atoms with E-state index in [4.69, 9.17) is 4.74 Å². The van der Waals surface area contributed by atoms with Crippen molar-refractivity contribution in [3.05, 3.63) is 40.5 Å². The van der Waals surface area contributed by atoms with Crippen LogP contribution in [-0.2, 0) is 9.53 Å². The summed E-state index contributed by atoms with van der Waals surface area (Å²) in [5, 5.41) is 0. The molecule has 1 aromatic carbocycles. The molecule has 0 spiro atoms. The summed E-state index contributed by atoms with van der Waals surface area (Å²) >= 11 is 0. The summed E-state index contributed by atoms with van der Waals surface area (Å²) in [6, 6.07) is 6.75. The van der Waals surface area contributed by atoms with Gasteiger partial charge in [-0.25, -0.2) is 0 Å². The van der Waals surface area contributed by atoms with Gasteiger partial charge in [-0.1, -0.05) is 35.8 Å². The van der Waals surface area contributed by atoms with E-state index in [9.17, 15) is 4.79 Å². The molecule has 168 valence electrons. The maximum atomic E-state index is 12.9. The Labute approximate surface area is 187 Å². The molecule has 3 fully saturated rings. The number of hydrogen-bond acceptors (Lipinski definition) is 4. The molecule has 31 heavy (non-hydrogen) atoms. The molecule has 2 saturated heterocycles. The van der Waals surface area contributed by atoms with Crippen molar-refractivity contribution in [1.82, 2.24) is 4.90 Å². The first-order chi connectivity index (χ1) is 14.8. The molecule has 4 nitrogen and oxygen atoms in total. The number of piperazine rings is 1. The van der Waals surface area contributed by atoms with Gasteiger partial charge in [0.05, 0.1) is 5.92 Å². The SMILES string of the molecule is CC1=C2C[C@@H]3[C@H](CN4CCN(c5ccc(C)cc5C)CC4)C(=O)O[C@@H]3C[C@@]2(C)CCC1. The number of benzene rings is 1. The summed E-state index contributed by atoms with van der Waals surface area (Å²) < 4.78 is 5.99. The van der Waals surface area contributed by atoms with Crippen LogP contribution in [0, 0.1) is 31.1 Å². The molecule has 1 saturated carbocycles. The fraction of sp³-hybridized carbons (Fsp3) is 0.667. The van der Waals surface area contributed by atoms with Gasteiger partial charge in [-0.05, 0) is 69.9 Å². The summed E-state index contributed by atoms with van der Waals surface area (Å²) in [6.45, 7) is 14.1. The Bertz CT molecular complexity index is 898. The Morgan fingerprint density at radius 2 is 1.90 bits per heavy atom. The normalized spacial score (nSPS) is 33.9. The van der Waals surface area contributed by atoms with Crippen LogP contribution in [0.3, 0.4) is 0 Å². The van der Waals surface area contributed by atoms with E-state index in [0.717, 1.165) is 45.6 Å². The highest BCUT2D eigenvalue weighted by Gasteiger charge is 2.53. The van der Waals surface area contributed by atoms with E-state index in [-0.39, 0.29) is 23.4 Å². The molecule has 2 aliphatic carbocycles. The summed E-state index contributed by atoms with van der Waals surface area (Å²) in [5.74, 6) is 0.484. The molecule has 4 heteroatoms. The minimum Gasteiger partial charge on any atom is -0.462 e. The van der Waals surface area contributed by atoms with Crippen molar-refractivity contribution >= 4 is 11.7 Å². The molecule has 2 aliphatic heterocycles. The minimum atomic E-state index is 0.0458. The first-order valence-corrected chi connectivity index (χ1v) is 12.3. The lowest BCUT2D eigenvalue weighted by atomic mass is 9.59. The standard InChI is InChI=1S/C27H38N2O2/c1-18-7-8-24(20(3)14-18)29-12-10-28(11-13-29)17-22-21-15-23-19(2)6-5-9-27(23,4)16-25(21)31-26(22)30/h7-8,14,21-22,25H,5-6,9-13,15-17H2,1-4H3/t21-,22+,25-,27-/m1/s1. The van der Waals surface area contributed by atoms with Crippen LogP contribution >= 0.6 is 0 Å². The summed E-state index contributed by atoms with van der Waals surface area (Å²) in [6.07, 6.45) is 6.02. The first kappa shape index (κ1) is 21.1. The highest BCUT2D eigenvalue weighted by molar-refractivity contribution is 5.76. The number of rotatable bonds is 3. The number of anilines is 1. The molecule has 0 N–H and O–H groups in total. The zero-order chi connectivity index (χ0) is 21.8. The van der Waals surface area contributed by atoms with Gasteiger partial charge < -0.3 is 9.64 Å². The lowest BCUT2D eigenvalue weighted by Gasteiger charge is -2.46. The Morgan fingerprint density at radius 1 is 1.13 bits per heavy atom. The van der Waals surface area contributed by atoms with E-state index in [1.807, 2.05) is 0 Å². The lowest BCUT2D eigenvalue weighted by Crippen LogP contribution is -2.49. The van der Waals surface area contributed by atoms with Gasteiger partial charge in [0.1, 0.15) is 6.10 Å². The van der Waals surface area contributed by atoms with Gasteiger partial charge in [-0.15, -0.1) is 0 Å².